The molecule has 0 bridgehead atoms. The second kappa shape index (κ2) is 4.81. The Hall–Kier alpha value is -1.82. The molecule has 1 fully saturated rings. The third-order valence-electron chi connectivity index (χ3n) is 3.39. The number of rotatable bonds is 3. The minimum Gasteiger partial charge on any atom is -0.497 e. The van der Waals surface area contributed by atoms with Crippen LogP contribution in [-0.2, 0) is 0 Å². The van der Waals surface area contributed by atoms with E-state index in [2.05, 4.69) is 6.92 Å². The summed E-state index contributed by atoms with van der Waals surface area (Å²) in [6.45, 7) is 3.42. The molecule has 0 radical (unpaired) electrons. The summed E-state index contributed by atoms with van der Waals surface area (Å²) in [6, 6.07) is 4.82. The topological polar surface area (TPSA) is 81.6 Å². The van der Waals surface area contributed by atoms with E-state index in [9.17, 15) is 10.1 Å². The molecule has 2 atom stereocenters. The number of nitro groups is 1. The maximum Gasteiger partial charge on any atom is 0.292 e. The predicted octanol–water partition coefficient (Wildman–Crippen LogP) is 1.39. The van der Waals surface area contributed by atoms with Gasteiger partial charge in [-0.25, -0.2) is 0 Å². The molecule has 0 saturated carbocycles. The van der Waals surface area contributed by atoms with Gasteiger partial charge in [-0.1, -0.05) is 6.92 Å². The molecule has 2 N–H and O–H groups in total. The van der Waals surface area contributed by atoms with Gasteiger partial charge >= 0.3 is 0 Å². The molecule has 18 heavy (non-hydrogen) atoms. The molecule has 98 valence electrons. The van der Waals surface area contributed by atoms with E-state index in [1.807, 2.05) is 4.90 Å². The van der Waals surface area contributed by atoms with Crippen LogP contribution in [0.5, 0.6) is 5.75 Å². The predicted molar refractivity (Wildman–Crippen MR) is 69.0 cm³/mol. The molecule has 0 aliphatic carbocycles. The lowest BCUT2D eigenvalue weighted by Gasteiger charge is -2.18. The minimum absolute atomic E-state index is 0.0517. The normalized spacial score (nSPS) is 23.2. The number of nitrogens with two attached hydrogens (primary N) is 1. The molecular formula is C12H17N3O3. The van der Waals surface area contributed by atoms with Gasteiger partial charge < -0.3 is 15.4 Å². The Morgan fingerprint density at radius 2 is 2.22 bits per heavy atom. The third-order valence-corrected chi connectivity index (χ3v) is 3.39. The summed E-state index contributed by atoms with van der Waals surface area (Å²) in [5.41, 5.74) is 6.64. The highest BCUT2D eigenvalue weighted by Gasteiger charge is 2.30. The molecule has 0 amide bonds. The van der Waals surface area contributed by atoms with Gasteiger partial charge in [-0.15, -0.1) is 0 Å². The molecule has 0 spiro atoms. The molecule has 0 aromatic heterocycles. The lowest BCUT2D eigenvalue weighted by atomic mass is 10.1. The Morgan fingerprint density at radius 1 is 1.50 bits per heavy atom. The van der Waals surface area contributed by atoms with Crippen molar-refractivity contribution in [3.8, 4) is 5.75 Å². The number of methoxy groups -OCH3 is 1. The van der Waals surface area contributed by atoms with Gasteiger partial charge in [0.15, 0.2) is 0 Å². The first-order valence-corrected chi connectivity index (χ1v) is 5.86. The zero-order chi connectivity index (χ0) is 13.3. The number of anilines is 1. The van der Waals surface area contributed by atoms with E-state index < -0.39 is 0 Å². The highest BCUT2D eigenvalue weighted by molar-refractivity contribution is 5.66. The van der Waals surface area contributed by atoms with Crippen molar-refractivity contribution in [2.45, 2.75) is 13.0 Å². The molecule has 1 aromatic carbocycles. The highest BCUT2D eigenvalue weighted by Crippen LogP contribution is 2.34. The van der Waals surface area contributed by atoms with Crippen LogP contribution in [-0.4, -0.2) is 31.2 Å². The van der Waals surface area contributed by atoms with E-state index in [1.54, 1.807) is 19.2 Å². The fraction of sp³-hybridized carbons (Fsp3) is 0.500. The Bertz CT molecular complexity index is 454. The standard InChI is InChI=1S/C12H17N3O3/c1-8-6-14(7-10(8)13)12-5-9(18-2)3-4-11(12)15(16)17/h3-5,8,10H,6-7,13H2,1-2H3. The van der Waals surface area contributed by atoms with Crippen molar-refractivity contribution >= 4 is 11.4 Å². The van der Waals surface area contributed by atoms with Crippen LogP contribution in [0, 0.1) is 16.0 Å². The van der Waals surface area contributed by atoms with E-state index >= 15 is 0 Å². The molecule has 2 rings (SSSR count). The number of hydrogen-bond acceptors (Lipinski definition) is 5. The van der Waals surface area contributed by atoms with E-state index in [0.29, 0.717) is 23.9 Å². The van der Waals surface area contributed by atoms with E-state index in [-0.39, 0.29) is 16.7 Å². The van der Waals surface area contributed by atoms with E-state index in [4.69, 9.17) is 10.5 Å². The lowest BCUT2D eigenvalue weighted by molar-refractivity contribution is -0.384. The summed E-state index contributed by atoms with van der Waals surface area (Å²) in [5, 5.41) is 11.0. The van der Waals surface area contributed by atoms with Crippen molar-refractivity contribution in [1.82, 2.24) is 0 Å². The summed E-state index contributed by atoms with van der Waals surface area (Å²) in [5.74, 6) is 0.944. The van der Waals surface area contributed by atoms with Crippen molar-refractivity contribution in [2.75, 3.05) is 25.1 Å². The van der Waals surface area contributed by atoms with Crippen molar-refractivity contribution in [3.05, 3.63) is 28.3 Å². The molecule has 1 aromatic rings. The average molecular weight is 251 g/mol. The summed E-state index contributed by atoms with van der Waals surface area (Å²) < 4.78 is 5.12. The summed E-state index contributed by atoms with van der Waals surface area (Å²) >= 11 is 0. The number of nitrogens with zero attached hydrogens (tertiary/aromatic N) is 2. The number of hydrogen-bond donors (Lipinski definition) is 1. The van der Waals surface area contributed by atoms with Gasteiger partial charge in [0.1, 0.15) is 11.4 Å². The van der Waals surface area contributed by atoms with Crippen LogP contribution in [0.25, 0.3) is 0 Å². The molecular weight excluding hydrogens is 234 g/mol. The molecule has 1 saturated heterocycles. The number of benzene rings is 1. The third kappa shape index (κ3) is 2.24. The maximum absolute atomic E-state index is 11.0. The molecule has 1 heterocycles. The molecule has 1 aliphatic rings. The first-order valence-electron chi connectivity index (χ1n) is 5.86. The molecule has 1 aliphatic heterocycles. The van der Waals surface area contributed by atoms with Gasteiger partial charge in [0.05, 0.1) is 12.0 Å². The Labute approximate surface area is 105 Å². The summed E-state index contributed by atoms with van der Waals surface area (Å²) in [7, 11) is 1.54. The van der Waals surface area contributed by atoms with E-state index in [1.165, 1.54) is 6.07 Å². The Kier molecular flexibility index (Phi) is 3.38. The van der Waals surface area contributed by atoms with Crippen molar-refractivity contribution in [2.24, 2.45) is 11.7 Å². The van der Waals surface area contributed by atoms with Crippen LogP contribution < -0.4 is 15.4 Å². The van der Waals surface area contributed by atoms with Crippen LogP contribution in [0.1, 0.15) is 6.92 Å². The average Bonchev–Trinajstić information content (AvgIpc) is 2.68. The Morgan fingerprint density at radius 3 is 2.72 bits per heavy atom. The first-order chi connectivity index (χ1) is 8.52. The van der Waals surface area contributed by atoms with Crippen LogP contribution >= 0.6 is 0 Å². The van der Waals surface area contributed by atoms with Crippen molar-refractivity contribution < 1.29 is 9.66 Å². The summed E-state index contributed by atoms with van der Waals surface area (Å²) in [4.78, 5) is 12.6. The Balaban J connectivity index is 2.38. The van der Waals surface area contributed by atoms with Crippen molar-refractivity contribution in [1.29, 1.82) is 0 Å². The van der Waals surface area contributed by atoms with Gasteiger partial charge in [-0.2, -0.15) is 0 Å². The highest BCUT2D eigenvalue weighted by atomic mass is 16.6. The zero-order valence-corrected chi connectivity index (χ0v) is 10.5. The maximum atomic E-state index is 11.0. The summed E-state index contributed by atoms with van der Waals surface area (Å²) in [6.07, 6.45) is 0. The quantitative estimate of drug-likeness (QED) is 0.648. The van der Waals surface area contributed by atoms with Gasteiger partial charge in [-0.05, 0) is 12.0 Å². The van der Waals surface area contributed by atoms with Gasteiger partial charge in [0.25, 0.3) is 5.69 Å². The molecule has 6 nitrogen and oxygen atoms in total. The van der Waals surface area contributed by atoms with Crippen LogP contribution in [0.15, 0.2) is 18.2 Å². The van der Waals surface area contributed by atoms with Crippen molar-refractivity contribution in [3.63, 3.8) is 0 Å². The first kappa shape index (κ1) is 12.6. The van der Waals surface area contributed by atoms with Gasteiger partial charge in [0.2, 0.25) is 0 Å². The molecule has 2 unspecified atom stereocenters. The van der Waals surface area contributed by atoms with Crippen LogP contribution in [0.2, 0.25) is 0 Å². The fourth-order valence-electron chi connectivity index (χ4n) is 2.23. The smallest absolute Gasteiger partial charge is 0.292 e. The SMILES string of the molecule is COc1ccc([N+](=O)[O-])c(N2CC(C)C(N)C2)c1. The lowest BCUT2D eigenvalue weighted by Crippen LogP contribution is -2.28. The largest absolute Gasteiger partial charge is 0.497 e. The fourth-order valence-corrected chi connectivity index (χ4v) is 2.23. The van der Waals surface area contributed by atoms with E-state index in [0.717, 1.165) is 6.54 Å². The monoisotopic (exact) mass is 251 g/mol. The second-order valence-corrected chi connectivity index (χ2v) is 4.66. The zero-order valence-electron chi connectivity index (χ0n) is 10.5. The number of ether oxygens (including phenoxy) is 1. The minimum atomic E-state index is -0.372. The molecule has 6 heteroatoms. The second-order valence-electron chi connectivity index (χ2n) is 4.66. The van der Waals surface area contributed by atoms with Gasteiger partial charge in [-0.3, -0.25) is 10.1 Å². The van der Waals surface area contributed by atoms with Gasteiger partial charge in [0, 0.05) is 31.3 Å². The number of nitro benzene ring substituents is 1. The van der Waals surface area contributed by atoms with Crippen LogP contribution in [0.3, 0.4) is 0 Å². The van der Waals surface area contributed by atoms with Crippen LogP contribution in [0.4, 0.5) is 11.4 Å².